The van der Waals surface area contributed by atoms with Gasteiger partial charge in [-0.1, -0.05) is 0 Å². The second-order valence-corrected chi connectivity index (χ2v) is 4.67. The minimum absolute atomic E-state index is 0.0814. The average molecular weight is 362 g/mol. The van der Waals surface area contributed by atoms with E-state index in [0.29, 0.717) is 0 Å². The lowest BCUT2D eigenvalue weighted by Gasteiger charge is -2.09. The van der Waals surface area contributed by atoms with Crippen LogP contribution in [0, 0.1) is 0 Å². The molecule has 2 amide bonds. The van der Waals surface area contributed by atoms with E-state index in [4.69, 9.17) is 4.74 Å². The van der Waals surface area contributed by atoms with Gasteiger partial charge in [0.05, 0.1) is 6.61 Å². The summed E-state index contributed by atoms with van der Waals surface area (Å²) in [6, 6.07) is 5.62. The number of hydrogen-bond acceptors (Lipinski definition) is 5. The Balaban J connectivity index is 2.33. The zero-order valence-electron chi connectivity index (χ0n) is 13.3. The topological polar surface area (TPSA) is 93.7 Å². The molecule has 0 saturated carbocycles. The van der Waals surface area contributed by atoms with Crippen molar-refractivity contribution in [2.75, 3.05) is 19.7 Å². The number of benzene rings is 1. The molecule has 10 heteroatoms. The Morgan fingerprint density at radius 2 is 1.64 bits per heavy atom. The van der Waals surface area contributed by atoms with Crippen LogP contribution in [0.5, 0.6) is 5.75 Å². The second-order valence-electron chi connectivity index (χ2n) is 4.67. The number of rotatable bonds is 7. The monoisotopic (exact) mass is 362 g/mol. The van der Waals surface area contributed by atoms with E-state index in [1.54, 1.807) is 12.2 Å². The highest BCUT2D eigenvalue weighted by Crippen LogP contribution is 2.14. The van der Waals surface area contributed by atoms with Gasteiger partial charge in [-0.3, -0.25) is 9.59 Å². The van der Waals surface area contributed by atoms with E-state index in [1.807, 2.05) is 0 Å². The zero-order chi connectivity index (χ0) is 18.9. The SMILES string of the molecule is CCOC(=O)Oc1ccc(C(=O)NCCCNC(=O)C(F)(F)F)cc1. The molecular weight excluding hydrogens is 345 g/mol. The van der Waals surface area contributed by atoms with Crippen molar-refractivity contribution in [2.24, 2.45) is 0 Å². The van der Waals surface area contributed by atoms with Crippen LogP contribution in [0.25, 0.3) is 0 Å². The fraction of sp³-hybridized carbons (Fsp3) is 0.400. The number of ether oxygens (including phenoxy) is 2. The van der Waals surface area contributed by atoms with Crippen molar-refractivity contribution >= 4 is 18.0 Å². The van der Waals surface area contributed by atoms with Gasteiger partial charge >= 0.3 is 18.2 Å². The van der Waals surface area contributed by atoms with Gasteiger partial charge in [-0.15, -0.1) is 0 Å². The highest BCUT2D eigenvalue weighted by molar-refractivity contribution is 5.94. The third kappa shape index (κ3) is 7.55. The summed E-state index contributed by atoms with van der Waals surface area (Å²) in [6.07, 6.45) is -5.64. The molecule has 138 valence electrons. The van der Waals surface area contributed by atoms with Gasteiger partial charge in [-0.25, -0.2) is 4.79 Å². The average Bonchev–Trinajstić information content (AvgIpc) is 2.54. The van der Waals surface area contributed by atoms with Crippen molar-refractivity contribution in [3.63, 3.8) is 0 Å². The molecule has 0 heterocycles. The highest BCUT2D eigenvalue weighted by atomic mass is 19.4. The second kappa shape index (κ2) is 9.50. The van der Waals surface area contributed by atoms with Crippen LogP contribution in [0.2, 0.25) is 0 Å². The molecule has 7 nitrogen and oxygen atoms in total. The van der Waals surface area contributed by atoms with Crippen LogP contribution < -0.4 is 15.4 Å². The minimum atomic E-state index is -4.92. The molecule has 1 aromatic carbocycles. The van der Waals surface area contributed by atoms with E-state index >= 15 is 0 Å². The maximum atomic E-state index is 11.9. The van der Waals surface area contributed by atoms with Gasteiger partial charge < -0.3 is 20.1 Å². The summed E-state index contributed by atoms with van der Waals surface area (Å²) in [5, 5.41) is 4.18. The molecule has 1 rings (SSSR count). The molecule has 2 N–H and O–H groups in total. The van der Waals surface area contributed by atoms with Crippen LogP contribution in [-0.2, 0) is 9.53 Å². The lowest BCUT2D eigenvalue weighted by atomic mass is 10.2. The number of carbonyl (C=O) groups is 3. The van der Waals surface area contributed by atoms with Gasteiger partial charge in [-0.05, 0) is 37.6 Å². The third-order valence-electron chi connectivity index (χ3n) is 2.76. The summed E-state index contributed by atoms with van der Waals surface area (Å²) >= 11 is 0. The summed E-state index contributed by atoms with van der Waals surface area (Å²) < 4.78 is 45.2. The smallest absolute Gasteiger partial charge is 0.434 e. The van der Waals surface area contributed by atoms with Crippen LogP contribution in [0.1, 0.15) is 23.7 Å². The Morgan fingerprint density at radius 1 is 1.04 bits per heavy atom. The molecule has 0 bridgehead atoms. The Bertz CT molecular complexity index is 602. The number of alkyl halides is 3. The number of halogens is 3. The zero-order valence-corrected chi connectivity index (χ0v) is 13.3. The molecule has 0 radical (unpaired) electrons. The van der Waals surface area contributed by atoms with Crippen molar-refractivity contribution in [1.29, 1.82) is 0 Å². The van der Waals surface area contributed by atoms with Gasteiger partial charge in [0, 0.05) is 18.7 Å². The van der Waals surface area contributed by atoms with Crippen molar-refractivity contribution < 1.29 is 37.0 Å². The largest absolute Gasteiger partial charge is 0.513 e. The molecule has 0 aliphatic rings. The number of amides is 2. The van der Waals surface area contributed by atoms with Crippen LogP contribution >= 0.6 is 0 Å². The number of carbonyl (C=O) groups excluding carboxylic acids is 3. The van der Waals surface area contributed by atoms with Gasteiger partial charge in [-0.2, -0.15) is 13.2 Å². The first-order chi connectivity index (χ1) is 11.7. The first-order valence-corrected chi connectivity index (χ1v) is 7.32. The molecule has 1 aromatic rings. The first-order valence-electron chi connectivity index (χ1n) is 7.32. The quantitative estimate of drug-likeness (QED) is 0.440. The Labute approximate surface area is 141 Å². The van der Waals surface area contributed by atoms with Crippen molar-refractivity contribution in [2.45, 2.75) is 19.5 Å². The molecular formula is C15H17F3N2O5. The fourth-order valence-corrected chi connectivity index (χ4v) is 1.61. The van der Waals surface area contributed by atoms with E-state index < -0.39 is 24.1 Å². The van der Waals surface area contributed by atoms with Crippen LogP contribution in [-0.4, -0.2) is 43.8 Å². The normalized spacial score (nSPS) is 10.7. The van der Waals surface area contributed by atoms with E-state index in [1.165, 1.54) is 24.3 Å². The molecule has 0 saturated heterocycles. The van der Waals surface area contributed by atoms with Crippen LogP contribution in [0.15, 0.2) is 24.3 Å². The molecule has 0 atom stereocenters. The Kier molecular flexibility index (Phi) is 7.70. The van der Waals surface area contributed by atoms with Gasteiger partial charge in [0.25, 0.3) is 5.91 Å². The lowest BCUT2D eigenvalue weighted by Crippen LogP contribution is -2.38. The molecule has 0 aromatic heterocycles. The number of nitrogens with one attached hydrogen (secondary N) is 2. The third-order valence-corrected chi connectivity index (χ3v) is 2.76. The maximum absolute atomic E-state index is 11.9. The molecule has 25 heavy (non-hydrogen) atoms. The summed E-state index contributed by atoms with van der Waals surface area (Å²) in [5.74, 6) is -2.27. The van der Waals surface area contributed by atoms with Gasteiger partial charge in [0.2, 0.25) is 0 Å². The first kappa shape index (κ1) is 20.3. The Hall–Kier alpha value is -2.78. The summed E-state index contributed by atoms with van der Waals surface area (Å²) in [6.45, 7) is 1.66. The van der Waals surface area contributed by atoms with E-state index in [2.05, 4.69) is 10.1 Å². The highest BCUT2D eigenvalue weighted by Gasteiger charge is 2.38. The molecule has 0 aliphatic carbocycles. The standard InChI is InChI=1S/C15H17F3N2O5/c1-2-24-14(23)25-11-6-4-10(5-7-11)12(21)19-8-3-9-20-13(22)15(16,17)18/h4-7H,2-3,8-9H2,1H3,(H,19,21)(H,20,22). The summed E-state index contributed by atoms with van der Waals surface area (Å²) in [7, 11) is 0. The predicted molar refractivity (Wildman–Crippen MR) is 80.1 cm³/mol. The van der Waals surface area contributed by atoms with Gasteiger partial charge in [0.15, 0.2) is 0 Å². The molecule has 0 fully saturated rings. The Morgan fingerprint density at radius 3 is 2.20 bits per heavy atom. The predicted octanol–water partition coefficient (Wildman–Crippen LogP) is 2.02. The van der Waals surface area contributed by atoms with Crippen molar-refractivity contribution in [1.82, 2.24) is 10.6 Å². The van der Waals surface area contributed by atoms with Crippen LogP contribution in [0.3, 0.4) is 0 Å². The van der Waals surface area contributed by atoms with E-state index in [-0.39, 0.29) is 37.4 Å². The summed E-state index contributed by atoms with van der Waals surface area (Å²) in [4.78, 5) is 33.5. The van der Waals surface area contributed by atoms with E-state index in [0.717, 1.165) is 0 Å². The molecule has 0 spiro atoms. The van der Waals surface area contributed by atoms with Crippen LogP contribution in [0.4, 0.5) is 18.0 Å². The lowest BCUT2D eigenvalue weighted by molar-refractivity contribution is -0.173. The minimum Gasteiger partial charge on any atom is -0.434 e. The fourth-order valence-electron chi connectivity index (χ4n) is 1.61. The molecule has 0 unspecified atom stereocenters. The maximum Gasteiger partial charge on any atom is 0.513 e. The molecule has 0 aliphatic heterocycles. The van der Waals surface area contributed by atoms with Crippen molar-refractivity contribution in [3.8, 4) is 5.75 Å². The van der Waals surface area contributed by atoms with E-state index in [9.17, 15) is 27.6 Å². The van der Waals surface area contributed by atoms with Gasteiger partial charge in [0.1, 0.15) is 5.75 Å². The summed E-state index contributed by atoms with van der Waals surface area (Å²) in [5.41, 5.74) is 0.274. The number of hydrogen-bond donors (Lipinski definition) is 2. The van der Waals surface area contributed by atoms with Crippen molar-refractivity contribution in [3.05, 3.63) is 29.8 Å².